The van der Waals surface area contributed by atoms with Crippen LogP contribution in [0.4, 0.5) is 4.39 Å². The van der Waals surface area contributed by atoms with Gasteiger partial charge >= 0.3 is 0 Å². The number of nitrogens with one attached hydrogen (secondary N) is 1. The monoisotopic (exact) mass is 250 g/mol. The first-order valence-corrected chi connectivity index (χ1v) is 5.89. The van der Waals surface area contributed by atoms with E-state index in [1.807, 2.05) is 6.92 Å². The van der Waals surface area contributed by atoms with E-state index in [1.165, 1.54) is 4.90 Å². The van der Waals surface area contributed by atoms with Crippen molar-refractivity contribution in [2.75, 3.05) is 19.8 Å². The number of fused-ring (bicyclic) bond motifs is 1. The topological polar surface area (TPSA) is 49.4 Å². The van der Waals surface area contributed by atoms with Crippen molar-refractivity contribution in [3.8, 4) is 0 Å². The standard InChI is InChI=1S/C13H15FN2O2/c1-9(15-7-6-14)8-16-12(17)10-4-2-3-5-11(10)13(16)18/h2-5,9,15H,6-8H2,1H3/t9-/m0/s1. The highest BCUT2D eigenvalue weighted by Crippen LogP contribution is 2.22. The van der Waals surface area contributed by atoms with E-state index in [2.05, 4.69) is 5.32 Å². The van der Waals surface area contributed by atoms with Gasteiger partial charge in [0.05, 0.1) is 11.1 Å². The maximum absolute atomic E-state index is 12.0. The highest BCUT2D eigenvalue weighted by atomic mass is 19.1. The number of benzene rings is 1. The highest BCUT2D eigenvalue weighted by Gasteiger charge is 2.35. The number of imide groups is 1. The lowest BCUT2D eigenvalue weighted by atomic mass is 10.1. The summed E-state index contributed by atoms with van der Waals surface area (Å²) in [4.78, 5) is 25.2. The number of rotatable bonds is 5. The zero-order valence-electron chi connectivity index (χ0n) is 10.1. The van der Waals surface area contributed by atoms with E-state index < -0.39 is 6.67 Å². The van der Waals surface area contributed by atoms with Crippen LogP contribution in [0.15, 0.2) is 24.3 Å². The molecule has 4 nitrogen and oxygen atoms in total. The second-order valence-electron chi connectivity index (χ2n) is 4.31. The highest BCUT2D eigenvalue weighted by molar-refractivity contribution is 6.21. The minimum absolute atomic E-state index is 0.122. The van der Waals surface area contributed by atoms with Crippen molar-refractivity contribution in [3.63, 3.8) is 0 Å². The lowest BCUT2D eigenvalue weighted by Gasteiger charge is -2.19. The molecule has 0 aliphatic carbocycles. The van der Waals surface area contributed by atoms with Gasteiger partial charge in [0.1, 0.15) is 6.67 Å². The lowest BCUT2D eigenvalue weighted by molar-refractivity contribution is 0.0641. The van der Waals surface area contributed by atoms with Crippen LogP contribution in [0.5, 0.6) is 0 Å². The van der Waals surface area contributed by atoms with Crippen molar-refractivity contribution in [1.29, 1.82) is 0 Å². The van der Waals surface area contributed by atoms with E-state index in [0.717, 1.165) is 0 Å². The Morgan fingerprint density at radius 2 is 1.78 bits per heavy atom. The third kappa shape index (κ3) is 2.26. The fourth-order valence-electron chi connectivity index (χ4n) is 2.04. The van der Waals surface area contributed by atoms with Crippen LogP contribution in [0.2, 0.25) is 0 Å². The van der Waals surface area contributed by atoms with E-state index in [4.69, 9.17) is 0 Å². The smallest absolute Gasteiger partial charge is 0.261 e. The summed E-state index contributed by atoms with van der Waals surface area (Å²) in [6.07, 6.45) is 0. The molecule has 5 heteroatoms. The predicted octanol–water partition coefficient (Wildman–Crippen LogP) is 1.23. The molecule has 0 bridgehead atoms. The van der Waals surface area contributed by atoms with Crippen LogP contribution in [0.3, 0.4) is 0 Å². The number of carbonyl (C=O) groups excluding carboxylic acids is 2. The Labute approximate surface area is 105 Å². The molecule has 1 aliphatic heterocycles. The van der Waals surface area contributed by atoms with Gasteiger partial charge in [-0.15, -0.1) is 0 Å². The van der Waals surface area contributed by atoms with Crippen LogP contribution in [-0.4, -0.2) is 42.5 Å². The van der Waals surface area contributed by atoms with Crippen LogP contribution < -0.4 is 5.32 Å². The number of hydrogen-bond acceptors (Lipinski definition) is 3. The average Bonchev–Trinajstić information content (AvgIpc) is 2.62. The minimum Gasteiger partial charge on any atom is -0.310 e. The number of hydrogen-bond donors (Lipinski definition) is 1. The molecule has 0 unspecified atom stereocenters. The Balaban J connectivity index is 2.09. The van der Waals surface area contributed by atoms with Crippen LogP contribution in [0.1, 0.15) is 27.6 Å². The summed E-state index contributed by atoms with van der Waals surface area (Å²) in [6, 6.07) is 6.64. The minimum atomic E-state index is -0.466. The predicted molar refractivity (Wildman–Crippen MR) is 65.2 cm³/mol. The summed E-state index contributed by atoms with van der Waals surface area (Å²) in [6.45, 7) is 1.84. The Morgan fingerprint density at radius 1 is 1.22 bits per heavy atom. The van der Waals surface area contributed by atoms with Gasteiger partial charge in [-0.3, -0.25) is 14.5 Å². The number of halogens is 1. The summed E-state index contributed by atoms with van der Waals surface area (Å²) in [5.41, 5.74) is 0.889. The van der Waals surface area contributed by atoms with Crippen molar-refractivity contribution in [3.05, 3.63) is 35.4 Å². The molecule has 2 amide bonds. The largest absolute Gasteiger partial charge is 0.310 e. The molecule has 0 saturated carbocycles. The molecule has 0 fully saturated rings. The Bertz CT molecular complexity index is 441. The molecular weight excluding hydrogens is 235 g/mol. The molecular formula is C13H15FN2O2. The van der Waals surface area contributed by atoms with Gasteiger partial charge in [0.15, 0.2) is 0 Å². The van der Waals surface area contributed by atoms with E-state index >= 15 is 0 Å². The second kappa shape index (κ2) is 5.27. The fourth-order valence-corrected chi connectivity index (χ4v) is 2.04. The van der Waals surface area contributed by atoms with E-state index in [1.54, 1.807) is 24.3 Å². The zero-order valence-corrected chi connectivity index (χ0v) is 10.1. The Morgan fingerprint density at radius 3 is 2.28 bits per heavy atom. The quantitative estimate of drug-likeness (QED) is 0.800. The SMILES string of the molecule is C[C@@H](CN1C(=O)c2ccccc2C1=O)NCCF. The molecule has 1 N–H and O–H groups in total. The first-order chi connectivity index (χ1) is 8.65. The zero-order chi connectivity index (χ0) is 13.1. The maximum atomic E-state index is 12.0. The van der Waals surface area contributed by atoms with Gasteiger partial charge < -0.3 is 5.32 Å². The number of alkyl halides is 1. The average molecular weight is 250 g/mol. The van der Waals surface area contributed by atoms with Gasteiger partial charge in [-0.1, -0.05) is 12.1 Å². The van der Waals surface area contributed by atoms with Gasteiger partial charge in [-0.2, -0.15) is 0 Å². The number of nitrogens with zero attached hydrogens (tertiary/aromatic N) is 1. The van der Waals surface area contributed by atoms with Gasteiger partial charge in [0, 0.05) is 19.1 Å². The van der Waals surface area contributed by atoms with Crippen LogP contribution in [0, 0.1) is 0 Å². The summed E-state index contributed by atoms with van der Waals surface area (Å²) < 4.78 is 12.0. The first-order valence-electron chi connectivity index (χ1n) is 5.89. The van der Waals surface area contributed by atoms with Crippen molar-refractivity contribution < 1.29 is 14.0 Å². The van der Waals surface area contributed by atoms with E-state index in [-0.39, 0.29) is 30.9 Å². The fraction of sp³-hybridized carbons (Fsp3) is 0.385. The number of carbonyl (C=O) groups is 2. The molecule has 0 aromatic heterocycles. The van der Waals surface area contributed by atoms with E-state index in [0.29, 0.717) is 11.1 Å². The molecule has 0 spiro atoms. The summed E-state index contributed by atoms with van der Waals surface area (Å²) in [5, 5.41) is 2.91. The Hall–Kier alpha value is -1.75. The van der Waals surface area contributed by atoms with Crippen molar-refractivity contribution in [1.82, 2.24) is 10.2 Å². The van der Waals surface area contributed by atoms with Crippen molar-refractivity contribution in [2.24, 2.45) is 0 Å². The van der Waals surface area contributed by atoms with Crippen LogP contribution in [-0.2, 0) is 0 Å². The third-order valence-electron chi connectivity index (χ3n) is 2.92. The molecule has 1 aromatic rings. The molecule has 0 radical (unpaired) electrons. The molecule has 1 aliphatic rings. The molecule has 1 aromatic carbocycles. The van der Waals surface area contributed by atoms with Gasteiger partial charge in [0.25, 0.3) is 11.8 Å². The molecule has 1 heterocycles. The van der Waals surface area contributed by atoms with Crippen LogP contribution >= 0.6 is 0 Å². The molecule has 96 valence electrons. The molecule has 18 heavy (non-hydrogen) atoms. The van der Waals surface area contributed by atoms with Crippen molar-refractivity contribution in [2.45, 2.75) is 13.0 Å². The number of amides is 2. The summed E-state index contributed by atoms with van der Waals surface area (Å²) in [7, 11) is 0. The van der Waals surface area contributed by atoms with E-state index in [9.17, 15) is 14.0 Å². The second-order valence-corrected chi connectivity index (χ2v) is 4.31. The maximum Gasteiger partial charge on any atom is 0.261 e. The van der Waals surface area contributed by atoms with Gasteiger partial charge in [0.2, 0.25) is 0 Å². The molecule has 0 saturated heterocycles. The normalized spacial score (nSPS) is 16.0. The van der Waals surface area contributed by atoms with Crippen LogP contribution in [0.25, 0.3) is 0 Å². The van der Waals surface area contributed by atoms with Crippen molar-refractivity contribution >= 4 is 11.8 Å². The first kappa shape index (κ1) is 12.7. The van der Waals surface area contributed by atoms with Gasteiger partial charge in [-0.25, -0.2) is 4.39 Å². The lowest BCUT2D eigenvalue weighted by Crippen LogP contribution is -2.42. The molecule has 1 atom stereocenters. The molecule has 2 rings (SSSR count). The summed E-state index contributed by atoms with van der Waals surface area (Å²) in [5.74, 6) is -0.547. The Kier molecular flexibility index (Phi) is 3.72. The van der Waals surface area contributed by atoms with Gasteiger partial charge in [-0.05, 0) is 19.1 Å². The summed E-state index contributed by atoms with van der Waals surface area (Å²) >= 11 is 0. The third-order valence-corrected chi connectivity index (χ3v) is 2.92.